The van der Waals surface area contributed by atoms with Crippen molar-refractivity contribution >= 4 is 28.6 Å². The highest BCUT2D eigenvalue weighted by Crippen LogP contribution is 2.34. The first kappa shape index (κ1) is 27.6. The molecule has 2 aromatic carbocycles. The van der Waals surface area contributed by atoms with Gasteiger partial charge in [-0.2, -0.15) is 0 Å². The topological polar surface area (TPSA) is 89.7 Å². The van der Waals surface area contributed by atoms with Gasteiger partial charge in [0, 0.05) is 34.9 Å². The molecule has 6 rings (SSSR count). The molecule has 4 heterocycles. The number of piperidine rings is 1. The zero-order valence-corrected chi connectivity index (χ0v) is 23.6. The second-order valence-electron chi connectivity index (χ2n) is 10.8. The van der Waals surface area contributed by atoms with E-state index in [-0.39, 0.29) is 36.1 Å². The molecule has 2 fully saturated rings. The molecule has 0 aliphatic carbocycles. The number of likely N-dealkylation sites (tertiary alicyclic amines) is 1. The van der Waals surface area contributed by atoms with Crippen molar-refractivity contribution in [2.75, 3.05) is 19.7 Å². The van der Waals surface area contributed by atoms with Gasteiger partial charge in [0.15, 0.2) is 0 Å². The van der Waals surface area contributed by atoms with Gasteiger partial charge in [0.1, 0.15) is 18.2 Å². The summed E-state index contributed by atoms with van der Waals surface area (Å²) in [4.78, 5) is 23.7. The lowest BCUT2D eigenvalue weighted by atomic mass is 9.92. The molecule has 0 bridgehead atoms. The van der Waals surface area contributed by atoms with E-state index in [9.17, 15) is 14.3 Å². The number of hydrogen-bond acceptors (Lipinski definition) is 6. The average Bonchev–Trinajstić information content (AvgIpc) is 3.32. The Labute approximate surface area is 242 Å². The number of rotatable bonds is 9. The fourth-order valence-electron chi connectivity index (χ4n) is 5.71. The number of carboxylic acid groups (broad SMARTS) is 1. The van der Waals surface area contributed by atoms with Gasteiger partial charge in [-0.3, -0.25) is 4.90 Å². The number of hydrogen-bond donors (Lipinski definition) is 1. The van der Waals surface area contributed by atoms with E-state index in [1.54, 1.807) is 30.3 Å². The van der Waals surface area contributed by atoms with Crippen LogP contribution in [0.3, 0.4) is 0 Å². The summed E-state index contributed by atoms with van der Waals surface area (Å²) in [6.45, 7) is 5.38. The Balaban J connectivity index is 1.14. The molecule has 10 heteroatoms. The molecule has 0 radical (unpaired) electrons. The molecule has 0 saturated carbocycles. The van der Waals surface area contributed by atoms with Gasteiger partial charge in [-0.05, 0) is 81.7 Å². The van der Waals surface area contributed by atoms with Gasteiger partial charge in [-0.15, -0.1) is 0 Å². The molecule has 2 aliphatic heterocycles. The van der Waals surface area contributed by atoms with Crippen LogP contribution in [-0.2, 0) is 17.9 Å². The maximum Gasteiger partial charge on any atom is 0.335 e. The Morgan fingerprint density at radius 3 is 2.68 bits per heavy atom. The van der Waals surface area contributed by atoms with Crippen LogP contribution in [0.5, 0.6) is 5.88 Å². The van der Waals surface area contributed by atoms with Gasteiger partial charge >= 0.3 is 5.97 Å². The van der Waals surface area contributed by atoms with Crippen molar-refractivity contribution in [2.24, 2.45) is 0 Å². The minimum atomic E-state index is -0.948. The van der Waals surface area contributed by atoms with Crippen LogP contribution >= 0.6 is 11.6 Å². The van der Waals surface area contributed by atoms with E-state index in [0.717, 1.165) is 61.5 Å². The standard InChI is InChI=1S/C31H32ClFN4O4/c1-19(30-35-27-8-5-21(31(38)39)16-28(27)37(30)17-24-11-14-40-24)36-12-9-20(10-13-36)26-3-2-4-29(34-26)41-18-22-15-23(32)6-7-25(22)33/h2-8,15-16,19-20,24H,9-14,17-18H2,1H3,(H,38,39)/t19-,24-/m0/s1. The van der Waals surface area contributed by atoms with Crippen molar-refractivity contribution in [2.45, 2.75) is 57.4 Å². The zero-order chi connectivity index (χ0) is 28.5. The van der Waals surface area contributed by atoms with Crippen molar-refractivity contribution in [3.63, 3.8) is 0 Å². The summed E-state index contributed by atoms with van der Waals surface area (Å²) in [6.07, 6.45) is 2.97. The number of benzene rings is 2. The minimum Gasteiger partial charge on any atom is -0.478 e. The number of pyridine rings is 1. The van der Waals surface area contributed by atoms with E-state index >= 15 is 0 Å². The van der Waals surface area contributed by atoms with Crippen LogP contribution in [-0.4, -0.2) is 56.3 Å². The monoisotopic (exact) mass is 578 g/mol. The lowest BCUT2D eigenvalue weighted by Gasteiger charge is -2.36. The van der Waals surface area contributed by atoms with Crippen molar-refractivity contribution in [3.05, 3.63) is 88.1 Å². The van der Waals surface area contributed by atoms with Gasteiger partial charge in [0.05, 0.1) is 35.3 Å². The first-order chi connectivity index (χ1) is 19.9. The normalized spacial score (nSPS) is 18.8. The third-order valence-electron chi connectivity index (χ3n) is 8.20. The Morgan fingerprint density at radius 1 is 1.15 bits per heavy atom. The maximum atomic E-state index is 14.1. The highest BCUT2D eigenvalue weighted by atomic mass is 35.5. The predicted molar refractivity (Wildman–Crippen MR) is 153 cm³/mol. The molecule has 0 spiro atoms. The van der Waals surface area contributed by atoms with Crippen LogP contribution in [0.25, 0.3) is 11.0 Å². The Morgan fingerprint density at radius 2 is 1.95 bits per heavy atom. The second-order valence-corrected chi connectivity index (χ2v) is 11.2. The number of aromatic carboxylic acids is 1. The fraction of sp³-hybridized carbons (Fsp3) is 0.387. The van der Waals surface area contributed by atoms with Gasteiger partial charge in [-0.25, -0.2) is 19.2 Å². The molecule has 2 aliphatic rings. The number of halogens is 2. The lowest BCUT2D eigenvalue weighted by Crippen LogP contribution is -2.37. The molecular weight excluding hydrogens is 547 g/mol. The highest BCUT2D eigenvalue weighted by Gasteiger charge is 2.30. The molecule has 0 unspecified atom stereocenters. The van der Waals surface area contributed by atoms with E-state index in [1.165, 1.54) is 12.1 Å². The van der Waals surface area contributed by atoms with Gasteiger partial charge in [-0.1, -0.05) is 17.7 Å². The van der Waals surface area contributed by atoms with Crippen molar-refractivity contribution in [3.8, 4) is 5.88 Å². The summed E-state index contributed by atoms with van der Waals surface area (Å²) in [5.41, 5.74) is 3.24. The number of nitrogens with zero attached hydrogens (tertiary/aromatic N) is 4. The first-order valence-corrected chi connectivity index (χ1v) is 14.4. The van der Waals surface area contributed by atoms with Gasteiger partial charge in [0.2, 0.25) is 5.88 Å². The SMILES string of the molecule is C[C@@H](c1nc2ccc(C(=O)O)cc2n1C[C@@H]1CCO1)N1CCC(c2cccc(OCc3cc(Cl)ccc3F)n2)CC1. The fourth-order valence-corrected chi connectivity index (χ4v) is 5.90. The molecule has 8 nitrogen and oxygen atoms in total. The van der Waals surface area contributed by atoms with Gasteiger partial charge in [0.25, 0.3) is 0 Å². The number of imidazole rings is 1. The van der Waals surface area contributed by atoms with E-state index in [1.807, 2.05) is 12.1 Å². The lowest BCUT2D eigenvalue weighted by molar-refractivity contribution is -0.0594. The number of carbonyl (C=O) groups is 1. The molecule has 2 atom stereocenters. The molecule has 2 saturated heterocycles. The summed E-state index contributed by atoms with van der Waals surface area (Å²) in [6, 6.07) is 15.3. The minimum absolute atomic E-state index is 0.0481. The summed E-state index contributed by atoms with van der Waals surface area (Å²) in [5, 5.41) is 10.0. The molecule has 214 valence electrons. The number of carboxylic acids is 1. The predicted octanol–water partition coefficient (Wildman–Crippen LogP) is 6.23. The van der Waals surface area contributed by atoms with Crippen LogP contribution in [0, 0.1) is 5.82 Å². The first-order valence-electron chi connectivity index (χ1n) is 14.0. The van der Waals surface area contributed by atoms with Crippen molar-refractivity contribution < 1.29 is 23.8 Å². The van der Waals surface area contributed by atoms with E-state index in [0.29, 0.717) is 23.0 Å². The largest absolute Gasteiger partial charge is 0.478 e. The zero-order valence-electron chi connectivity index (χ0n) is 22.8. The Hall–Kier alpha value is -3.53. The summed E-state index contributed by atoms with van der Waals surface area (Å²) >= 11 is 6.00. The average molecular weight is 579 g/mol. The third kappa shape index (κ3) is 5.93. The highest BCUT2D eigenvalue weighted by molar-refractivity contribution is 6.30. The summed E-state index contributed by atoms with van der Waals surface area (Å²) in [7, 11) is 0. The smallest absolute Gasteiger partial charge is 0.335 e. The Kier molecular flexibility index (Phi) is 7.92. The van der Waals surface area contributed by atoms with Crippen molar-refractivity contribution in [1.29, 1.82) is 0 Å². The molecule has 2 aromatic heterocycles. The van der Waals surface area contributed by atoms with Crippen LogP contribution in [0.2, 0.25) is 5.02 Å². The van der Waals surface area contributed by atoms with Crippen molar-refractivity contribution in [1.82, 2.24) is 19.4 Å². The van der Waals surface area contributed by atoms with Crippen LogP contribution in [0.4, 0.5) is 4.39 Å². The molecule has 41 heavy (non-hydrogen) atoms. The Bertz CT molecular complexity index is 1570. The maximum absolute atomic E-state index is 14.1. The van der Waals surface area contributed by atoms with E-state index in [2.05, 4.69) is 16.4 Å². The summed E-state index contributed by atoms with van der Waals surface area (Å²) in [5.74, 6) is 0.368. The second kappa shape index (κ2) is 11.8. The molecule has 1 N–H and O–H groups in total. The number of fused-ring (bicyclic) bond motifs is 1. The molecule has 4 aromatic rings. The molecular formula is C31H32ClFN4O4. The third-order valence-corrected chi connectivity index (χ3v) is 8.44. The quantitative estimate of drug-likeness (QED) is 0.252. The van der Waals surface area contributed by atoms with Gasteiger partial charge < -0.3 is 19.1 Å². The van der Waals surface area contributed by atoms with E-state index < -0.39 is 5.97 Å². The van der Waals surface area contributed by atoms with Crippen LogP contribution in [0.1, 0.15) is 65.6 Å². The number of ether oxygens (including phenoxy) is 2. The van der Waals surface area contributed by atoms with E-state index in [4.69, 9.17) is 31.0 Å². The van der Waals surface area contributed by atoms with Crippen LogP contribution < -0.4 is 4.74 Å². The number of aromatic nitrogens is 3. The molecule has 0 amide bonds. The van der Waals surface area contributed by atoms with Crippen LogP contribution in [0.15, 0.2) is 54.6 Å². The summed E-state index contributed by atoms with van der Waals surface area (Å²) < 4.78 is 27.8.